The summed E-state index contributed by atoms with van der Waals surface area (Å²) in [5.41, 5.74) is 1.04. The van der Waals surface area contributed by atoms with Crippen LogP contribution in [-0.2, 0) is 4.79 Å². The SMILES string of the molecule is C[C@@H](O)CNC(=O)CSc1nc2ccccc2[nH]c1=O. The minimum Gasteiger partial charge on any atom is -0.392 e. The Kier molecular flexibility index (Phi) is 4.75. The molecule has 7 heteroatoms. The largest absolute Gasteiger partial charge is 0.392 e. The fourth-order valence-corrected chi connectivity index (χ4v) is 2.27. The van der Waals surface area contributed by atoms with Crippen LogP contribution < -0.4 is 10.9 Å². The number of nitrogens with one attached hydrogen (secondary N) is 2. The fraction of sp³-hybridized carbons (Fsp3) is 0.308. The highest BCUT2D eigenvalue weighted by Crippen LogP contribution is 2.13. The number of H-pyrrole nitrogens is 1. The maximum absolute atomic E-state index is 11.8. The molecule has 1 heterocycles. The first-order valence-corrected chi connectivity index (χ1v) is 7.11. The Morgan fingerprint density at radius 2 is 2.25 bits per heavy atom. The quantitative estimate of drug-likeness (QED) is 0.698. The zero-order chi connectivity index (χ0) is 14.5. The molecule has 20 heavy (non-hydrogen) atoms. The number of nitrogens with zero attached hydrogens (tertiary/aromatic N) is 1. The molecule has 0 aliphatic rings. The fourth-order valence-electron chi connectivity index (χ4n) is 1.56. The highest BCUT2D eigenvalue weighted by Gasteiger charge is 2.09. The molecule has 1 amide bonds. The number of amides is 1. The van der Waals surface area contributed by atoms with Crippen molar-refractivity contribution in [2.45, 2.75) is 18.1 Å². The van der Waals surface area contributed by atoms with Gasteiger partial charge in [-0.25, -0.2) is 4.98 Å². The molecule has 2 aromatic rings. The maximum Gasteiger partial charge on any atom is 0.280 e. The molecule has 0 saturated carbocycles. The topological polar surface area (TPSA) is 95.1 Å². The number of aliphatic hydroxyl groups excluding tert-OH is 1. The summed E-state index contributed by atoms with van der Waals surface area (Å²) < 4.78 is 0. The second-order valence-corrected chi connectivity index (χ2v) is 5.29. The third kappa shape index (κ3) is 3.82. The van der Waals surface area contributed by atoms with E-state index in [1.807, 2.05) is 12.1 Å². The van der Waals surface area contributed by atoms with Crippen molar-refractivity contribution >= 4 is 28.7 Å². The monoisotopic (exact) mass is 293 g/mol. The van der Waals surface area contributed by atoms with Gasteiger partial charge in [0.25, 0.3) is 5.56 Å². The van der Waals surface area contributed by atoms with Gasteiger partial charge in [-0.3, -0.25) is 9.59 Å². The lowest BCUT2D eigenvalue weighted by atomic mass is 10.3. The van der Waals surface area contributed by atoms with Gasteiger partial charge in [-0.05, 0) is 19.1 Å². The van der Waals surface area contributed by atoms with Crippen LogP contribution in [0.25, 0.3) is 11.0 Å². The second kappa shape index (κ2) is 6.53. The second-order valence-electron chi connectivity index (χ2n) is 4.33. The summed E-state index contributed by atoms with van der Waals surface area (Å²) in [7, 11) is 0. The third-order valence-corrected chi connectivity index (χ3v) is 3.46. The van der Waals surface area contributed by atoms with E-state index in [0.29, 0.717) is 11.0 Å². The first-order valence-electron chi connectivity index (χ1n) is 6.13. The molecule has 0 saturated heterocycles. The average Bonchev–Trinajstić information content (AvgIpc) is 2.42. The van der Waals surface area contributed by atoms with Gasteiger partial charge in [0.05, 0.1) is 22.9 Å². The minimum absolute atomic E-state index is 0.0845. The van der Waals surface area contributed by atoms with E-state index in [0.717, 1.165) is 11.8 Å². The van der Waals surface area contributed by atoms with Gasteiger partial charge in [-0.15, -0.1) is 0 Å². The van der Waals surface area contributed by atoms with Crippen molar-refractivity contribution in [2.24, 2.45) is 0 Å². The van der Waals surface area contributed by atoms with Gasteiger partial charge >= 0.3 is 0 Å². The van der Waals surface area contributed by atoms with E-state index >= 15 is 0 Å². The maximum atomic E-state index is 11.8. The lowest BCUT2D eigenvalue weighted by Gasteiger charge is -2.06. The molecule has 0 spiro atoms. The van der Waals surface area contributed by atoms with Crippen LogP contribution in [0.2, 0.25) is 0 Å². The Hall–Kier alpha value is -1.86. The van der Waals surface area contributed by atoms with Gasteiger partial charge in [-0.2, -0.15) is 0 Å². The third-order valence-electron chi connectivity index (χ3n) is 2.50. The van der Waals surface area contributed by atoms with Gasteiger partial charge in [-0.1, -0.05) is 23.9 Å². The van der Waals surface area contributed by atoms with Crippen molar-refractivity contribution in [3.8, 4) is 0 Å². The molecule has 1 aromatic heterocycles. The number of fused-ring (bicyclic) bond motifs is 1. The highest BCUT2D eigenvalue weighted by atomic mass is 32.2. The van der Waals surface area contributed by atoms with Gasteiger partial charge in [0.15, 0.2) is 5.03 Å². The van der Waals surface area contributed by atoms with E-state index in [1.54, 1.807) is 19.1 Å². The number of para-hydroxylation sites is 2. The first kappa shape index (κ1) is 14.5. The van der Waals surface area contributed by atoms with Crippen LogP contribution in [0.1, 0.15) is 6.92 Å². The molecule has 0 radical (unpaired) electrons. The van der Waals surface area contributed by atoms with Crippen LogP contribution in [0.5, 0.6) is 0 Å². The Morgan fingerprint density at radius 1 is 1.50 bits per heavy atom. The number of hydrogen-bond donors (Lipinski definition) is 3. The Bertz CT molecular complexity index is 669. The number of aromatic amines is 1. The number of carbonyl (C=O) groups excluding carboxylic acids is 1. The van der Waals surface area contributed by atoms with E-state index in [-0.39, 0.29) is 28.8 Å². The van der Waals surface area contributed by atoms with E-state index in [4.69, 9.17) is 5.11 Å². The number of carbonyl (C=O) groups is 1. The molecule has 3 N–H and O–H groups in total. The van der Waals surface area contributed by atoms with Gasteiger partial charge in [0.1, 0.15) is 0 Å². The van der Waals surface area contributed by atoms with Crippen LogP contribution in [0.15, 0.2) is 34.1 Å². The van der Waals surface area contributed by atoms with E-state index in [9.17, 15) is 9.59 Å². The number of rotatable bonds is 5. The van der Waals surface area contributed by atoms with Crippen LogP contribution >= 0.6 is 11.8 Å². The van der Waals surface area contributed by atoms with Crippen molar-refractivity contribution in [3.05, 3.63) is 34.6 Å². The number of hydrogen-bond acceptors (Lipinski definition) is 5. The summed E-state index contributed by atoms with van der Waals surface area (Å²) in [6, 6.07) is 7.21. The van der Waals surface area contributed by atoms with E-state index in [2.05, 4.69) is 15.3 Å². The molecular weight excluding hydrogens is 278 g/mol. The summed E-state index contributed by atoms with van der Waals surface area (Å²) in [5, 5.41) is 11.9. The average molecular weight is 293 g/mol. The van der Waals surface area contributed by atoms with Gasteiger partial charge < -0.3 is 15.4 Å². The smallest absolute Gasteiger partial charge is 0.280 e. The molecular formula is C13H15N3O3S. The van der Waals surface area contributed by atoms with Crippen LogP contribution in [0.3, 0.4) is 0 Å². The van der Waals surface area contributed by atoms with Crippen molar-refractivity contribution in [2.75, 3.05) is 12.3 Å². The zero-order valence-corrected chi connectivity index (χ0v) is 11.7. The predicted octanol–water partition coefficient (Wildman–Crippen LogP) is 0.512. The normalized spacial score (nSPS) is 12.3. The van der Waals surface area contributed by atoms with E-state index < -0.39 is 6.10 Å². The number of thioether (sulfide) groups is 1. The Labute approximate surface area is 119 Å². The van der Waals surface area contributed by atoms with Crippen molar-refractivity contribution < 1.29 is 9.90 Å². The first-order chi connectivity index (χ1) is 9.56. The Balaban J connectivity index is 2.04. The molecule has 6 nitrogen and oxygen atoms in total. The summed E-state index contributed by atoms with van der Waals surface area (Å²) >= 11 is 1.07. The summed E-state index contributed by atoms with van der Waals surface area (Å²) in [4.78, 5) is 30.3. The summed E-state index contributed by atoms with van der Waals surface area (Å²) in [6.45, 7) is 1.78. The standard InChI is InChI=1S/C13H15N3O3S/c1-8(17)6-14-11(18)7-20-13-12(19)15-9-4-2-3-5-10(9)16-13/h2-5,8,17H,6-7H2,1H3,(H,14,18)(H,15,19)/t8-/m1/s1. The predicted molar refractivity (Wildman–Crippen MR) is 77.8 cm³/mol. The van der Waals surface area contributed by atoms with Crippen molar-refractivity contribution in [1.82, 2.24) is 15.3 Å². The van der Waals surface area contributed by atoms with E-state index in [1.165, 1.54) is 0 Å². The van der Waals surface area contributed by atoms with Crippen molar-refractivity contribution in [3.63, 3.8) is 0 Å². The van der Waals surface area contributed by atoms with Gasteiger partial charge in [0.2, 0.25) is 5.91 Å². The van der Waals surface area contributed by atoms with Crippen LogP contribution in [0, 0.1) is 0 Å². The molecule has 0 aliphatic heterocycles. The zero-order valence-electron chi connectivity index (χ0n) is 10.9. The molecule has 106 valence electrons. The Morgan fingerprint density at radius 3 is 3.00 bits per heavy atom. The number of aliphatic hydroxyl groups is 1. The summed E-state index contributed by atoms with van der Waals surface area (Å²) in [6.07, 6.45) is -0.592. The molecule has 1 aromatic carbocycles. The molecule has 0 fully saturated rings. The molecule has 2 rings (SSSR count). The van der Waals surface area contributed by atoms with Crippen LogP contribution in [0.4, 0.5) is 0 Å². The molecule has 0 bridgehead atoms. The number of aromatic nitrogens is 2. The van der Waals surface area contributed by atoms with Crippen LogP contribution in [-0.4, -0.2) is 39.4 Å². The molecule has 1 atom stereocenters. The van der Waals surface area contributed by atoms with Crippen molar-refractivity contribution in [1.29, 1.82) is 0 Å². The molecule has 0 aliphatic carbocycles. The highest BCUT2D eigenvalue weighted by molar-refractivity contribution is 7.99. The molecule has 0 unspecified atom stereocenters. The lowest BCUT2D eigenvalue weighted by molar-refractivity contribution is -0.118. The minimum atomic E-state index is -0.592. The lowest BCUT2D eigenvalue weighted by Crippen LogP contribution is -2.32. The summed E-state index contributed by atoms with van der Waals surface area (Å²) in [5.74, 6) is -0.161. The number of benzene rings is 1. The van der Waals surface area contributed by atoms with Gasteiger partial charge in [0, 0.05) is 6.54 Å².